The molecule has 36 heavy (non-hydrogen) atoms. The second kappa shape index (κ2) is 11.7. The highest BCUT2D eigenvalue weighted by Crippen LogP contribution is 2.31. The molecule has 0 saturated heterocycles. The molecule has 10 nitrogen and oxygen atoms in total. The van der Waals surface area contributed by atoms with E-state index in [1.807, 2.05) is 0 Å². The number of nitro groups is 1. The number of amides is 2. The summed E-state index contributed by atoms with van der Waals surface area (Å²) in [5.41, 5.74) is 2.90. The van der Waals surface area contributed by atoms with Crippen LogP contribution in [0.3, 0.4) is 0 Å². The Morgan fingerprint density at radius 1 is 1.00 bits per heavy atom. The summed E-state index contributed by atoms with van der Waals surface area (Å²) in [6.07, 6.45) is 1.13. The zero-order valence-electron chi connectivity index (χ0n) is 19.2. The number of carbonyl (C=O) groups excluding carboxylic acids is 3. The van der Waals surface area contributed by atoms with Crippen molar-refractivity contribution in [2.24, 2.45) is 11.0 Å². The normalized spacial score (nSPS) is 10.8. The lowest BCUT2D eigenvalue weighted by molar-refractivity contribution is -0.385. The van der Waals surface area contributed by atoms with E-state index in [0.29, 0.717) is 10.7 Å². The largest absolute Gasteiger partial charge is 0.415 e. The number of ether oxygens (including phenoxy) is 1. The summed E-state index contributed by atoms with van der Waals surface area (Å²) < 4.78 is 5.31. The van der Waals surface area contributed by atoms with E-state index < -0.39 is 22.5 Å². The van der Waals surface area contributed by atoms with Gasteiger partial charge >= 0.3 is 11.7 Å². The average molecular weight is 509 g/mol. The molecule has 0 spiro atoms. The fraction of sp³-hybridized carbons (Fsp3) is 0.120. The lowest BCUT2D eigenvalue weighted by Gasteiger charge is -2.09. The Labute approximate surface area is 211 Å². The molecule has 0 heterocycles. The van der Waals surface area contributed by atoms with Crippen LogP contribution in [0.5, 0.6) is 5.75 Å². The van der Waals surface area contributed by atoms with Crippen LogP contribution in [-0.2, 0) is 4.79 Å². The molecular weight excluding hydrogens is 488 g/mol. The predicted molar refractivity (Wildman–Crippen MR) is 134 cm³/mol. The first-order chi connectivity index (χ1) is 17.2. The van der Waals surface area contributed by atoms with E-state index in [0.717, 1.165) is 6.21 Å². The van der Waals surface area contributed by atoms with Gasteiger partial charge in [0.2, 0.25) is 11.7 Å². The molecule has 0 fully saturated rings. The Kier molecular flexibility index (Phi) is 8.48. The van der Waals surface area contributed by atoms with E-state index in [-0.39, 0.29) is 34.3 Å². The second-order valence-electron chi connectivity index (χ2n) is 7.77. The van der Waals surface area contributed by atoms with Crippen LogP contribution in [0.4, 0.5) is 11.4 Å². The summed E-state index contributed by atoms with van der Waals surface area (Å²) in [6.45, 7) is 3.53. The Balaban J connectivity index is 1.75. The van der Waals surface area contributed by atoms with Gasteiger partial charge in [-0.15, -0.1) is 0 Å². The van der Waals surface area contributed by atoms with Crippen molar-refractivity contribution in [2.75, 3.05) is 5.32 Å². The van der Waals surface area contributed by atoms with Crippen molar-refractivity contribution in [3.05, 3.63) is 98.6 Å². The molecule has 0 bridgehead atoms. The molecule has 3 aromatic carbocycles. The number of hydrogen-bond donors (Lipinski definition) is 2. The van der Waals surface area contributed by atoms with Crippen LogP contribution >= 0.6 is 11.6 Å². The number of nitrogens with zero attached hydrogens (tertiary/aromatic N) is 2. The van der Waals surface area contributed by atoms with Crippen LogP contribution in [0.1, 0.15) is 40.1 Å². The third kappa shape index (κ3) is 6.73. The van der Waals surface area contributed by atoms with Crippen molar-refractivity contribution in [3.63, 3.8) is 0 Å². The van der Waals surface area contributed by atoms with Gasteiger partial charge in [-0.3, -0.25) is 19.7 Å². The summed E-state index contributed by atoms with van der Waals surface area (Å²) in [5, 5.41) is 18.5. The molecular formula is C25H21ClN4O6. The molecule has 0 aliphatic heterocycles. The van der Waals surface area contributed by atoms with Gasteiger partial charge in [0.25, 0.3) is 5.91 Å². The van der Waals surface area contributed by atoms with Gasteiger partial charge < -0.3 is 10.1 Å². The van der Waals surface area contributed by atoms with Crippen LogP contribution in [0, 0.1) is 16.0 Å². The zero-order chi connectivity index (χ0) is 26.2. The van der Waals surface area contributed by atoms with Crippen LogP contribution in [0.15, 0.2) is 71.8 Å². The number of hydrazone groups is 1. The monoisotopic (exact) mass is 508 g/mol. The Hall–Kier alpha value is -4.57. The Morgan fingerprint density at radius 3 is 2.25 bits per heavy atom. The zero-order valence-corrected chi connectivity index (χ0v) is 20.0. The minimum Gasteiger partial charge on any atom is -0.415 e. The molecule has 11 heteroatoms. The summed E-state index contributed by atoms with van der Waals surface area (Å²) in [7, 11) is 0. The van der Waals surface area contributed by atoms with Crippen LogP contribution in [0.25, 0.3) is 0 Å². The first-order valence-electron chi connectivity index (χ1n) is 10.6. The Morgan fingerprint density at radius 2 is 1.64 bits per heavy atom. The maximum atomic E-state index is 12.5. The number of anilines is 1. The first kappa shape index (κ1) is 26.0. The van der Waals surface area contributed by atoms with Crippen LogP contribution in [0.2, 0.25) is 5.02 Å². The molecule has 2 N–H and O–H groups in total. The molecule has 0 aliphatic carbocycles. The molecule has 2 amide bonds. The van der Waals surface area contributed by atoms with Gasteiger partial charge in [0.05, 0.1) is 16.7 Å². The summed E-state index contributed by atoms with van der Waals surface area (Å²) in [4.78, 5) is 47.5. The third-order valence-corrected chi connectivity index (χ3v) is 5.06. The average Bonchev–Trinajstić information content (AvgIpc) is 2.85. The molecule has 0 radical (unpaired) electrons. The van der Waals surface area contributed by atoms with Crippen molar-refractivity contribution < 1.29 is 24.0 Å². The Bertz CT molecular complexity index is 1320. The van der Waals surface area contributed by atoms with Gasteiger partial charge in [-0.05, 0) is 54.6 Å². The highest BCUT2D eigenvalue weighted by Gasteiger charge is 2.22. The van der Waals surface area contributed by atoms with Gasteiger partial charge in [0.1, 0.15) is 0 Å². The molecule has 3 rings (SSSR count). The standard InChI is InChI=1S/C25H21ClN4O6/c1-15(2)23(31)28-20-12-8-16(9-13-20)24(32)29-27-14-18-4-3-5-21(30(34)35)22(18)36-25(33)17-6-10-19(26)11-7-17/h3-15H,1-2H3,(H,28,31)(H,29,32)/b27-14+. The lowest BCUT2D eigenvalue weighted by Crippen LogP contribution is -2.19. The van der Waals surface area contributed by atoms with Gasteiger partial charge in [-0.25, -0.2) is 10.2 Å². The van der Waals surface area contributed by atoms with Crippen molar-refractivity contribution in [3.8, 4) is 5.75 Å². The van der Waals surface area contributed by atoms with E-state index in [1.54, 1.807) is 26.0 Å². The number of carbonyl (C=O) groups is 3. The van der Waals surface area contributed by atoms with E-state index in [2.05, 4.69) is 15.8 Å². The smallest absolute Gasteiger partial charge is 0.343 e. The summed E-state index contributed by atoms with van der Waals surface area (Å²) >= 11 is 5.82. The molecule has 3 aromatic rings. The quantitative estimate of drug-likeness (QED) is 0.147. The van der Waals surface area contributed by atoms with Crippen molar-refractivity contribution in [1.29, 1.82) is 0 Å². The van der Waals surface area contributed by atoms with E-state index in [1.165, 1.54) is 54.6 Å². The molecule has 184 valence electrons. The number of hydrogen-bond acceptors (Lipinski definition) is 7. The van der Waals surface area contributed by atoms with Crippen molar-refractivity contribution >= 4 is 47.0 Å². The highest BCUT2D eigenvalue weighted by molar-refractivity contribution is 6.30. The van der Waals surface area contributed by atoms with Crippen LogP contribution in [-0.4, -0.2) is 28.9 Å². The molecule has 0 saturated carbocycles. The van der Waals surface area contributed by atoms with E-state index in [9.17, 15) is 24.5 Å². The number of esters is 1. The number of halogens is 1. The van der Waals surface area contributed by atoms with Crippen molar-refractivity contribution in [2.45, 2.75) is 13.8 Å². The lowest BCUT2D eigenvalue weighted by atomic mass is 10.1. The molecule has 0 aliphatic rings. The topological polar surface area (TPSA) is 140 Å². The summed E-state index contributed by atoms with van der Waals surface area (Å²) in [5.74, 6) is -2.05. The van der Waals surface area contributed by atoms with Gasteiger partial charge in [-0.2, -0.15) is 5.10 Å². The van der Waals surface area contributed by atoms with Gasteiger partial charge in [-0.1, -0.05) is 31.5 Å². The predicted octanol–water partition coefficient (Wildman–Crippen LogP) is 4.83. The second-order valence-corrected chi connectivity index (χ2v) is 8.21. The minimum absolute atomic E-state index is 0.0959. The van der Waals surface area contributed by atoms with Gasteiger partial charge in [0, 0.05) is 33.8 Å². The molecule has 0 unspecified atom stereocenters. The number of nitro benzene ring substituents is 1. The minimum atomic E-state index is -0.829. The first-order valence-corrected chi connectivity index (χ1v) is 11.0. The highest BCUT2D eigenvalue weighted by atomic mass is 35.5. The summed E-state index contributed by atoms with van der Waals surface area (Å²) in [6, 6.07) is 16.0. The molecule has 0 atom stereocenters. The molecule has 0 aromatic heterocycles. The fourth-order valence-corrected chi connectivity index (χ4v) is 2.98. The van der Waals surface area contributed by atoms with Gasteiger partial charge in [0.15, 0.2) is 0 Å². The maximum Gasteiger partial charge on any atom is 0.343 e. The number of benzene rings is 3. The number of nitrogens with one attached hydrogen (secondary N) is 2. The van der Waals surface area contributed by atoms with Crippen molar-refractivity contribution in [1.82, 2.24) is 5.43 Å². The van der Waals surface area contributed by atoms with E-state index in [4.69, 9.17) is 16.3 Å². The SMILES string of the molecule is CC(C)C(=O)Nc1ccc(C(=O)N/N=C/c2cccc([N+](=O)[O-])c2OC(=O)c2ccc(Cl)cc2)cc1. The van der Waals surface area contributed by atoms with Crippen LogP contribution < -0.4 is 15.5 Å². The maximum absolute atomic E-state index is 12.5. The fourth-order valence-electron chi connectivity index (χ4n) is 2.85. The third-order valence-electron chi connectivity index (χ3n) is 4.80. The number of rotatable bonds is 8. The van der Waals surface area contributed by atoms with E-state index >= 15 is 0 Å². The number of para-hydroxylation sites is 1.